The van der Waals surface area contributed by atoms with Crippen LogP contribution >= 0.6 is 11.8 Å². The van der Waals surface area contributed by atoms with Crippen molar-refractivity contribution in [3.05, 3.63) is 46.8 Å². The molecule has 0 fully saturated rings. The molecule has 0 atom stereocenters. The molecule has 2 heterocycles. The predicted octanol–water partition coefficient (Wildman–Crippen LogP) is 6.88. The molecule has 1 aromatic heterocycles. The maximum absolute atomic E-state index is 11.5. The maximum Gasteiger partial charge on any atom is 0.305 e. The number of carbonyl (C=O) groups is 1. The van der Waals surface area contributed by atoms with Gasteiger partial charge in [-0.15, -0.1) is 16.9 Å². The maximum atomic E-state index is 11.5. The summed E-state index contributed by atoms with van der Waals surface area (Å²) in [4.78, 5) is 12.6. The van der Waals surface area contributed by atoms with Gasteiger partial charge >= 0.3 is 5.97 Å². The molecule has 0 saturated carbocycles. The molecule has 1 aromatic carbocycles. The topological polar surface area (TPSA) is 61.3 Å². The van der Waals surface area contributed by atoms with E-state index in [0.717, 1.165) is 55.0 Å². The van der Waals surface area contributed by atoms with Gasteiger partial charge in [-0.1, -0.05) is 46.0 Å². The van der Waals surface area contributed by atoms with Crippen LogP contribution in [0.3, 0.4) is 0 Å². The average Bonchev–Trinajstić information content (AvgIpc) is 2.86. The van der Waals surface area contributed by atoms with E-state index in [-0.39, 0.29) is 11.4 Å². The van der Waals surface area contributed by atoms with Gasteiger partial charge in [0.05, 0.1) is 18.9 Å². The van der Waals surface area contributed by atoms with Crippen LogP contribution in [0, 0.1) is 11.8 Å². The molecule has 0 radical (unpaired) electrons. The zero-order chi connectivity index (χ0) is 25.8. The molecule has 0 bridgehead atoms. The Hall–Kier alpha value is -2.52. The lowest BCUT2D eigenvalue weighted by molar-refractivity contribution is -0.143. The number of aryl methyl sites for hydroxylation is 1. The number of esters is 1. The van der Waals surface area contributed by atoms with E-state index in [2.05, 4.69) is 54.9 Å². The standard InChI is InChI=1S/C30H40N2O3S/c1-5-7-8-11-20-36-28-22-27-26(30(3,4)18-19-35-27)21-23(28)14-15-25-17-16-24(31-32-25)12-9-10-13-29(33)34-6-2/h16-17,21-22H,5-13,18-20H2,1-4H3. The smallest absolute Gasteiger partial charge is 0.305 e. The van der Waals surface area contributed by atoms with Crippen molar-refractivity contribution in [2.75, 3.05) is 19.0 Å². The molecule has 1 aliphatic rings. The summed E-state index contributed by atoms with van der Waals surface area (Å²) in [5, 5.41) is 8.68. The highest BCUT2D eigenvalue weighted by Crippen LogP contribution is 2.41. The van der Waals surface area contributed by atoms with Gasteiger partial charge in [0.1, 0.15) is 11.4 Å². The summed E-state index contributed by atoms with van der Waals surface area (Å²) in [6.45, 7) is 9.82. The van der Waals surface area contributed by atoms with Gasteiger partial charge in [0.2, 0.25) is 0 Å². The lowest BCUT2D eigenvalue weighted by Gasteiger charge is -2.33. The van der Waals surface area contributed by atoms with Gasteiger partial charge in [0.15, 0.2) is 0 Å². The fourth-order valence-corrected chi connectivity index (χ4v) is 5.21. The SMILES string of the molecule is CCCCCCSc1cc2c(cc1C#Cc1ccc(CCCCC(=O)OCC)nn1)C(C)(C)CCO2. The Balaban J connectivity index is 1.69. The van der Waals surface area contributed by atoms with Crippen LogP contribution in [-0.4, -0.2) is 35.1 Å². The molecule has 3 rings (SSSR count). The van der Waals surface area contributed by atoms with Gasteiger partial charge in [-0.05, 0) is 80.4 Å². The van der Waals surface area contributed by atoms with Crippen LogP contribution in [0.2, 0.25) is 0 Å². The summed E-state index contributed by atoms with van der Waals surface area (Å²) in [7, 11) is 0. The number of benzene rings is 1. The van der Waals surface area contributed by atoms with E-state index < -0.39 is 0 Å². The second-order valence-corrected chi connectivity index (χ2v) is 11.0. The summed E-state index contributed by atoms with van der Waals surface area (Å²) in [6, 6.07) is 8.33. The van der Waals surface area contributed by atoms with Crippen molar-refractivity contribution < 1.29 is 14.3 Å². The molecule has 0 aliphatic carbocycles. The fraction of sp³-hybridized carbons (Fsp3) is 0.567. The molecular weight excluding hydrogens is 468 g/mol. The molecule has 2 aromatic rings. The summed E-state index contributed by atoms with van der Waals surface area (Å²) in [6.07, 6.45) is 8.93. The largest absolute Gasteiger partial charge is 0.493 e. The lowest BCUT2D eigenvalue weighted by atomic mass is 9.79. The Morgan fingerprint density at radius 1 is 1.08 bits per heavy atom. The van der Waals surface area contributed by atoms with E-state index in [1.54, 1.807) is 0 Å². The van der Waals surface area contributed by atoms with Crippen molar-refractivity contribution in [1.29, 1.82) is 0 Å². The number of nitrogens with zero attached hydrogens (tertiary/aromatic N) is 2. The quantitative estimate of drug-likeness (QED) is 0.135. The third kappa shape index (κ3) is 8.55. The Kier molecular flexibility index (Phi) is 11.1. The first-order valence-corrected chi connectivity index (χ1v) is 14.4. The normalized spacial score (nSPS) is 13.8. The summed E-state index contributed by atoms with van der Waals surface area (Å²) < 4.78 is 11.0. The van der Waals surface area contributed by atoms with Crippen LogP contribution in [0.1, 0.15) is 102 Å². The zero-order valence-electron chi connectivity index (χ0n) is 22.3. The Bertz CT molecular complexity index is 1050. The Morgan fingerprint density at radius 2 is 1.94 bits per heavy atom. The first-order chi connectivity index (χ1) is 17.4. The second kappa shape index (κ2) is 14.3. The highest BCUT2D eigenvalue weighted by molar-refractivity contribution is 7.99. The first-order valence-electron chi connectivity index (χ1n) is 13.4. The van der Waals surface area contributed by atoms with E-state index >= 15 is 0 Å². The molecule has 0 N–H and O–H groups in total. The van der Waals surface area contributed by atoms with Gasteiger partial charge in [0, 0.05) is 22.4 Å². The Labute approximate surface area is 221 Å². The van der Waals surface area contributed by atoms with Crippen LogP contribution in [0.25, 0.3) is 0 Å². The van der Waals surface area contributed by atoms with Crippen molar-refractivity contribution in [2.45, 2.75) is 95.8 Å². The van der Waals surface area contributed by atoms with Gasteiger partial charge in [-0.3, -0.25) is 4.79 Å². The number of hydrogen-bond donors (Lipinski definition) is 0. The first kappa shape index (κ1) is 28.1. The molecule has 0 spiro atoms. The van der Waals surface area contributed by atoms with Gasteiger partial charge < -0.3 is 9.47 Å². The molecule has 0 amide bonds. The number of aromatic nitrogens is 2. The van der Waals surface area contributed by atoms with Crippen LogP contribution in [0.15, 0.2) is 29.2 Å². The molecule has 5 nitrogen and oxygen atoms in total. The second-order valence-electron chi connectivity index (χ2n) is 9.91. The zero-order valence-corrected chi connectivity index (χ0v) is 23.1. The van der Waals surface area contributed by atoms with Crippen LogP contribution < -0.4 is 4.74 Å². The lowest BCUT2D eigenvalue weighted by Crippen LogP contribution is -2.26. The van der Waals surface area contributed by atoms with Crippen molar-refractivity contribution >= 4 is 17.7 Å². The number of unbranched alkanes of at least 4 members (excludes halogenated alkanes) is 4. The number of carbonyl (C=O) groups excluding carboxylic acids is 1. The van der Waals surface area contributed by atoms with Crippen LogP contribution in [0.4, 0.5) is 0 Å². The molecule has 194 valence electrons. The molecule has 0 unspecified atom stereocenters. The molecule has 0 saturated heterocycles. The highest BCUT2D eigenvalue weighted by atomic mass is 32.2. The number of fused-ring (bicyclic) bond motifs is 1. The van der Waals surface area contributed by atoms with Crippen molar-refractivity contribution in [3.8, 4) is 17.6 Å². The highest BCUT2D eigenvalue weighted by Gasteiger charge is 2.29. The van der Waals surface area contributed by atoms with Crippen LogP contribution in [-0.2, 0) is 21.4 Å². The summed E-state index contributed by atoms with van der Waals surface area (Å²) in [5.74, 6) is 8.57. The predicted molar refractivity (Wildman–Crippen MR) is 147 cm³/mol. The summed E-state index contributed by atoms with van der Waals surface area (Å²) >= 11 is 1.87. The van der Waals surface area contributed by atoms with E-state index in [9.17, 15) is 4.79 Å². The van der Waals surface area contributed by atoms with Crippen molar-refractivity contribution in [2.24, 2.45) is 0 Å². The summed E-state index contributed by atoms with van der Waals surface area (Å²) in [5.41, 5.74) is 3.93. The van der Waals surface area contributed by atoms with Crippen molar-refractivity contribution in [3.63, 3.8) is 0 Å². The van der Waals surface area contributed by atoms with Gasteiger partial charge in [-0.25, -0.2) is 0 Å². The number of rotatable bonds is 12. The minimum Gasteiger partial charge on any atom is -0.493 e. The van der Waals surface area contributed by atoms with E-state index in [1.165, 1.54) is 36.1 Å². The number of ether oxygens (including phenoxy) is 2. The molecule has 6 heteroatoms. The van der Waals surface area contributed by atoms with Crippen LogP contribution in [0.5, 0.6) is 5.75 Å². The molecular formula is C30H40N2O3S. The third-order valence-electron chi connectivity index (χ3n) is 6.47. The van der Waals surface area contributed by atoms with Crippen molar-refractivity contribution in [1.82, 2.24) is 10.2 Å². The number of thioether (sulfide) groups is 1. The van der Waals surface area contributed by atoms with E-state index in [1.807, 2.05) is 30.8 Å². The monoisotopic (exact) mass is 508 g/mol. The third-order valence-corrected chi connectivity index (χ3v) is 7.61. The minimum absolute atomic E-state index is 0.0725. The molecule has 36 heavy (non-hydrogen) atoms. The molecule has 1 aliphatic heterocycles. The Morgan fingerprint density at radius 3 is 2.69 bits per heavy atom. The number of hydrogen-bond acceptors (Lipinski definition) is 6. The minimum atomic E-state index is -0.134. The van der Waals surface area contributed by atoms with E-state index in [0.29, 0.717) is 18.7 Å². The average molecular weight is 509 g/mol. The van der Waals surface area contributed by atoms with Gasteiger partial charge in [0.25, 0.3) is 0 Å². The van der Waals surface area contributed by atoms with E-state index in [4.69, 9.17) is 9.47 Å². The fourth-order valence-electron chi connectivity index (χ4n) is 4.19. The van der Waals surface area contributed by atoms with Gasteiger partial charge in [-0.2, -0.15) is 5.10 Å².